The minimum atomic E-state index is -4.18. The zero-order chi connectivity index (χ0) is 7.49. The Morgan fingerprint density at radius 2 is 2.00 bits per heavy atom. The van der Waals surface area contributed by atoms with E-state index in [9.17, 15) is 8.42 Å². The molecular weight excluding hydrogens is 146 g/mol. The lowest BCUT2D eigenvalue weighted by Crippen LogP contribution is -2.30. The summed E-state index contributed by atoms with van der Waals surface area (Å²) in [7, 11) is -4.18. The first-order chi connectivity index (χ1) is 4.02. The fraction of sp³-hybridized carbons (Fsp3) is 1.00. The zero-order valence-electron chi connectivity index (χ0n) is 4.98. The Bertz CT molecular complexity index is 159. The Kier molecular flexibility index (Phi) is 3.06. The molecule has 0 aliphatic heterocycles. The lowest BCUT2D eigenvalue weighted by molar-refractivity contribution is 0.173. The Morgan fingerprint density at radius 3 is 2.00 bits per heavy atom. The predicted octanol–water partition coefficient (Wildman–Crippen LogP) is -0.939. The van der Waals surface area contributed by atoms with Crippen molar-refractivity contribution in [2.45, 2.75) is 6.92 Å². The van der Waals surface area contributed by atoms with Crippen LogP contribution in [0.25, 0.3) is 0 Å². The van der Waals surface area contributed by atoms with Crippen molar-refractivity contribution in [3.8, 4) is 0 Å². The smallest absolute Gasteiger partial charge is 0.337 e. The molecule has 2 N–H and O–H groups in total. The van der Waals surface area contributed by atoms with Crippen molar-refractivity contribution in [2.75, 3.05) is 13.3 Å². The zero-order valence-corrected chi connectivity index (χ0v) is 5.80. The van der Waals surface area contributed by atoms with E-state index in [4.69, 9.17) is 9.66 Å². The number of hydrogen-bond donors (Lipinski definition) is 2. The fourth-order valence-corrected chi connectivity index (χ4v) is 0.808. The lowest BCUT2D eigenvalue weighted by atomic mass is 10.8. The average molecular weight is 155 g/mol. The van der Waals surface area contributed by atoms with Crippen LogP contribution in [0.5, 0.6) is 0 Å². The highest BCUT2D eigenvalue weighted by molar-refractivity contribution is 7.83. The van der Waals surface area contributed by atoms with Gasteiger partial charge in [0.05, 0.1) is 0 Å². The molecule has 0 bridgehead atoms. The van der Waals surface area contributed by atoms with E-state index in [1.54, 1.807) is 0 Å². The summed E-state index contributed by atoms with van der Waals surface area (Å²) in [4.78, 5) is 0. The third-order valence-electron chi connectivity index (χ3n) is 0.837. The van der Waals surface area contributed by atoms with Crippen LogP contribution < -0.4 is 0 Å². The highest BCUT2D eigenvalue weighted by Crippen LogP contribution is 1.92. The highest BCUT2D eigenvalue weighted by atomic mass is 32.2. The molecule has 0 saturated heterocycles. The fourth-order valence-electron chi connectivity index (χ4n) is 0.336. The Morgan fingerprint density at radius 1 is 1.56 bits per heavy atom. The van der Waals surface area contributed by atoms with Gasteiger partial charge in [-0.3, -0.25) is 4.55 Å². The number of aliphatic hydroxyl groups excluding tert-OH is 1. The molecule has 6 heteroatoms. The lowest BCUT2D eigenvalue weighted by Gasteiger charge is -2.10. The number of hydrogen-bond acceptors (Lipinski definition) is 3. The molecule has 0 aromatic rings. The van der Waals surface area contributed by atoms with Gasteiger partial charge < -0.3 is 5.11 Å². The van der Waals surface area contributed by atoms with Gasteiger partial charge in [0.2, 0.25) is 0 Å². The predicted molar refractivity (Wildman–Crippen MR) is 31.0 cm³/mol. The molecule has 0 atom stereocenters. The second-order valence-electron chi connectivity index (χ2n) is 1.39. The highest BCUT2D eigenvalue weighted by Gasteiger charge is 2.13. The summed E-state index contributed by atoms with van der Waals surface area (Å²) >= 11 is 0. The van der Waals surface area contributed by atoms with Gasteiger partial charge in [-0.25, -0.2) is 0 Å². The van der Waals surface area contributed by atoms with Crippen molar-refractivity contribution in [3.63, 3.8) is 0 Å². The molecule has 0 spiro atoms. The van der Waals surface area contributed by atoms with E-state index >= 15 is 0 Å². The Balaban J connectivity index is 4.14. The SMILES string of the molecule is CCN(CO)S(=O)(=O)O. The van der Waals surface area contributed by atoms with Crippen LogP contribution in [-0.2, 0) is 10.3 Å². The first kappa shape index (κ1) is 8.83. The summed E-state index contributed by atoms with van der Waals surface area (Å²) < 4.78 is 29.0. The van der Waals surface area contributed by atoms with E-state index in [0.29, 0.717) is 4.31 Å². The van der Waals surface area contributed by atoms with Gasteiger partial charge in [0.15, 0.2) is 0 Å². The second kappa shape index (κ2) is 3.11. The normalized spacial score (nSPS) is 12.4. The molecule has 0 heterocycles. The molecule has 0 aromatic heterocycles. The maximum atomic E-state index is 10.1. The van der Waals surface area contributed by atoms with Crippen molar-refractivity contribution < 1.29 is 18.1 Å². The van der Waals surface area contributed by atoms with Crippen molar-refractivity contribution in [1.82, 2.24) is 4.31 Å². The minimum absolute atomic E-state index is 0.0648. The summed E-state index contributed by atoms with van der Waals surface area (Å²) in [6.07, 6.45) is 0. The Labute approximate surface area is 53.8 Å². The third kappa shape index (κ3) is 2.75. The van der Waals surface area contributed by atoms with Crippen molar-refractivity contribution in [2.24, 2.45) is 0 Å². The number of nitrogens with zero attached hydrogens (tertiary/aromatic N) is 1. The van der Waals surface area contributed by atoms with E-state index in [-0.39, 0.29) is 6.54 Å². The van der Waals surface area contributed by atoms with E-state index < -0.39 is 17.0 Å². The molecule has 0 radical (unpaired) electrons. The largest absolute Gasteiger partial charge is 0.380 e. The molecule has 0 saturated carbocycles. The summed E-state index contributed by atoms with van der Waals surface area (Å²) in [6.45, 7) is 0.884. The second-order valence-corrected chi connectivity index (χ2v) is 2.80. The summed E-state index contributed by atoms with van der Waals surface area (Å²) in [5, 5.41) is 8.25. The Hall–Kier alpha value is -0.170. The number of rotatable bonds is 3. The third-order valence-corrected chi connectivity index (χ3v) is 1.86. The standard InChI is InChI=1S/C3H9NO4S/c1-2-4(3-5)9(6,7)8/h5H,2-3H2,1H3,(H,6,7,8). The molecule has 0 aromatic carbocycles. The summed E-state index contributed by atoms with van der Waals surface area (Å²) in [5.74, 6) is 0. The van der Waals surface area contributed by atoms with E-state index in [1.165, 1.54) is 6.92 Å². The van der Waals surface area contributed by atoms with E-state index in [0.717, 1.165) is 0 Å². The van der Waals surface area contributed by atoms with Crippen LogP contribution in [0.1, 0.15) is 6.92 Å². The summed E-state index contributed by atoms with van der Waals surface area (Å²) in [6, 6.07) is 0. The van der Waals surface area contributed by atoms with E-state index in [1.807, 2.05) is 0 Å². The molecular formula is C3H9NO4S. The van der Waals surface area contributed by atoms with Crippen LogP contribution in [0.4, 0.5) is 0 Å². The van der Waals surface area contributed by atoms with Crippen LogP contribution in [0.3, 0.4) is 0 Å². The molecule has 0 fully saturated rings. The molecule has 9 heavy (non-hydrogen) atoms. The average Bonchev–Trinajstić information content (AvgIpc) is 1.65. The topological polar surface area (TPSA) is 77.8 Å². The van der Waals surface area contributed by atoms with Gasteiger partial charge in [0, 0.05) is 6.54 Å². The van der Waals surface area contributed by atoms with Crippen LogP contribution in [0.15, 0.2) is 0 Å². The maximum absolute atomic E-state index is 10.1. The van der Waals surface area contributed by atoms with Crippen molar-refractivity contribution >= 4 is 10.3 Å². The summed E-state index contributed by atoms with van der Waals surface area (Å²) in [5.41, 5.74) is 0. The van der Waals surface area contributed by atoms with Gasteiger partial charge >= 0.3 is 10.3 Å². The van der Waals surface area contributed by atoms with Gasteiger partial charge in [-0.05, 0) is 0 Å². The van der Waals surface area contributed by atoms with Crippen LogP contribution in [0.2, 0.25) is 0 Å². The van der Waals surface area contributed by atoms with Gasteiger partial charge in [-0.1, -0.05) is 6.92 Å². The van der Waals surface area contributed by atoms with Crippen LogP contribution >= 0.6 is 0 Å². The molecule has 56 valence electrons. The number of aliphatic hydroxyl groups is 1. The van der Waals surface area contributed by atoms with Crippen LogP contribution in [-0.4, -0.2) is 35.7 Å². The quantitative estimate of drug-likeness (QED) is 0.407. The maximum Gasteiger partial charge on any atom is 0.337 e. The van der Waals surface area contributed by atoms with E-state index in [2.05, 4.69) is 0 Å². The molecule has 0 aliphatic carbocycles. The van der Waals surface area contributed by atoms with Gasteiger partial charge in [-0.15, -0.1) is 0 Å². The molecule has 5 nitrogen and oxygen atoms in total. The van der Waals surface area contributed by atoms with Crippen molar-refractivity contribution in [1.29, 1.82) is 0 Å². The molecule has 0 unspecified atom stereocenters. The van der Waals surface area contributed by atoms with Crippen LogP contribution in [0, 0.1) is 0 Å². The van der Waals surface area contributed by atoms with Gasteiger partial charge in [0.1, 0.15) is 6.73 Å². The first-order valence-electron chi connectivity index (χ1n) is 2.35. The van der Waals surface area contributed by atoms with Gasteiger partial charge in [-0.2, -0.15) is 12.7 Å². The monoisotopic (exact) mass is 155 g/mol. The molecule has 0 rings (SSSR count). The van der Waals surface area contributed by atoms with Crippen molar-refractivity contribution in [3.05, 3.63) is 0 Å². The molecule has 0 amide bonds. The minimum Gasteiger partial charge on any atom is -0.380 e. The van der Waals surface area contributed by atoms with Gasteiger partial charge in [0.25, 0.3) is 0 Å². The first-order valence-corrected chi connectivity index (χ1v) is 3.75. The molecule has 0 aliphatic rings.